The van der Waals surface area contributed by atoms with Gasteiger partial charge < -0.3 is 18.9 Å². The Hall–Kier alpha value is -10.4. The molecule has 0 aliphatic heterocycles. The Labute approximate surface area is 481 Å². The fraction of sp³-hybridized carbons (Fsp3) is 0.0513. The summed E-state index contributed by atoms with van der Waals surface area (Å²) in [5.74, 6) is 3.27. The van der Waals surface area contributed by atoms with E-state index >= 15 is 0 Å². The highest BCUT2D eigenvalue weighted by Crippen LogP contribution is 2.48. The molecule has 12 rings (SSSR count). The highest BCUT2D eigenvalue weighted by atomic mass is 16.5. The molecule has 0 aromatic heterocycles. The third-order valence-electron chi connectivity index (χ3n) is 15.5. The zero-order valence-corrected chi connectivity index (χ0v) is 46.3. The molecular formula is C78H60O4. The van der Waals surface area contributed by atoms with Crippen molar-refractivity contribution >= 4 is 11.1 Å². The van der Waals surface area contributed by atoms with Crippen LogP contribution in [0.15, 0.2) is 291 Å². The van der Waals surface area contributed by atoms with Gasteiger partial charge in [0.2, 0.25) is 0 Å². The molecule has 0 atom stereocenters. The molecule has 12 aromatic carbocycles. The standard InChI is InChI=1S/C78H60O4/c1-79-73-38-20-16-34-67(73)62-29-11-8-26-59(62)53-42-46-56(47-43-53)77(55-24-6-5-7-25-55)78(57-48-44-54(45-49-57)60-27-9-12-30-63(60)68-35-17-21-39-74(68)80-2)71-51-50-58(61-28-10-13-31-64(61)69-36-18-22-40-75(69)81-3)52-72(71)66-33-15-14-32-65(66)70-37-19-23-41-76(70)82-4/h5-52H,1-4H3/b78-77-. The summed E-state index contributed by atoms with van der Waals surface area (Å²) < 4.78 is 23.9. The van der Waals surface area contributed by atoms with Gasteiger partial charge in [-0.25, -0.2) is 0 Å². The van der Waals surface area contributed by atoms with Gasteiger partial charge in [-0.3, -0.25) is 0 Å². The molecule has 0 saturated heterocycles. The first-order valence-electron chi connectivity index (χ1n) is 27.6. The summed E-state index contributed by atoms with van der Waals surface area (Å²) in [4.78, 5) is 0. The Morgan fingerprint density at radius 2 is 0.451 bits per heavy atom. The molecule has 0 aliphatic carbocycles. The summed E-state index contributed by atoms with van der Waals surface area (Å²) in [5, 5.41) is 0. The predicted molar refractivity (Wildman–Crippen MR) is 340 cm³/mol. The first-order chi connectivity index (χ1) is 40.5. The minimum absolute atomic E-state index is 0.797. The maximum Gasteiger partial charge on any atom is 0.126 e. The van der Waals surface area contributed by atoms with Crippen molar-refractivity contribution in [2.75, 3.05) is 28.4 Å². The summed E-state index contributed by atoms with van der Waals surface area (Å²) in [5.41, 5.74) is 23.6. The smallest absolute Gasteiger partial charge is 0.126 e. The summed E-state index contributed by atoms with van der Waals surface area (Å²) in [7, 11) is 6.95. The maximum absolute atomic E-state index is 6.12. The topological polar surface area (TPSA) is 36.9 Å². The molecule has 0 spiro atoms. The van der Waals surface area contributed by atoms with Crippen molar-refractivity contribution in [2.45, 2.75) is 0 Å². The molecule has 0 saturated carbocycles. The zero-order valence-electron chi connectivity index (χ0n) is 46.3. The fourth-order valence-electron chi connectivity index (χ4n) is 11.6. The Morgan fingerprint density at radius 1 is 0.195 bits per heavy atom. The van der Waals surface area contributed by atoms with Gasteiger partial charge in [0.25, 0.3) is 0 Å². The maximum atomic E-state index is 6.12. The van der Waals surface area contributed by atoms with Crippen LogP contribution in [-0.4, -0.2) is 28.4 Å². The zero-order chi connectivity index (χ0) is 55.8. The number of rotatable bonds is 16. The van der Waals surface area contributed by atoms with Gasteiger partial charge in [-0.05, 0) is 130 Å². The van der Waals surface area contributed by atoms with E-state index in [1.807, 2.05) is 48.5 Å². The van der Waals surface area contributed by atoms with Crippen molar-refractivity contribution in [2.24, 2.45) is 0 Å². The van der Waals surface area contributed by atoms with Gasteiger partial charge >= 0.3 is 0 Å². The van der Waals surface area contributed by atoms with Gasteiger partial charge in [0.05, 0.1) is 28.4 Å². The van der Waals surface area contributed by atoms with E-state index in [9.17, 15) is 0 Å². The van der Waals surface area contributed by atoms with Crippen molar-refractivity contribution in [3.8, 4) is 112 Å². The fourth-order valence-corrected chi connectivity index (χ4v) is 11.6. The lowest BCUT2D eigenvalue weighted by molar-refractivity contribution is 0.416. The molecule has 0 heterocycles. The van der Waals surface area contributed by atoms with E-state index in [-0.39, 0.29) is 0 Å². The van der Waals surface area contributed by atoms with Crippen LogP contribution < -0.4 is 18.9 Å². The van der Waals surface area contributed by atoms with Gasteiger partial charge in [-0.1, -0.05) is 261 Å². The summed E-state index contributed by atoms with van der Waals surface area (Å²) in [6.07, 6.45) is 0. The van der Waals surface area contributed by atoms with Gasteiger partial charge in [0.15, 0.2) is 0 Å². The molecule has 0 fully saturated rings. The van der Waals surface area contributed by atoms with Crippen LogP contribution in [-0.2, 0) is 0 Å². The normalized spacial score (nSPS) is 11.4. The minimum Gasteiger partial charge on any atom is -0.496 e. The molecule has 4 nitrogen and oxygen atoms in total. The Morgan fingerprint density at radius 3 is 0.817 bits per heavy atom. The van der Waals surface area contributed by atoms with Crippen molar-refractivity contribution in [3.63, 3.8) is 0 Å². The number of ether oxygens (including phenoxy) is 4. The van der Waals surface area contributed by atoms with Crippen molar-refractivity contribution in [1.29, 1.82) is 0 Å². The first-order valence-corrected chi connectivity index (χ1v) is 27.6. The average Bonchev–Trinajstić information content (AvgIpc) is 3.72. The van der Waals surface area contributed by atoms with E-state index in [4.69, 9.17) is 18.9 Å². The molecule has 82 heavy (non-hydrogen) atoms. The summed E-state index contributed by atoms with van der Waals surface area (Å²) in [6.45, 7) is 0. The van der Waals surface area contributed by atoms with Crippen LogP contribution in [0.1, 0.15) is 22.3 Å². The Bertz CT molecular complexity index is 4250. The van der Waals surface area contributed by atoms with E-state index in [0.717, 1.165) is 145 Å². The second kappa shape index (κ2) is 23.9. The number of benzene rings is 12. The van der Waals surface area contributed by atoms with Crippen LogP contribution >= 0.6 is 0 Å². The summed E-state index contributed by atoms with van der Waals surface area (Å²) in [6, 6.07) is 104. The number of hydrogen-bond donors (Lipinski definition) is 0. The number of hydrogen-bond acceptors (Lipinski definition) is 4. The quantitative estimate of drug-likeness (QED) is 0.0904. The second-order valence-corrected chi connectivity index (χ2v) is 20.0. The van der Waals surface area contributed by atoms with Crippen molar-refractivity contribution in [1.82, 2.24) is 0 Å². The average molecular weight is 1060 g/mol. The lowest BCUT2D eigenvalue weighted by Gasteiger charge is -2.24. The van der Waals surface area contributed by atoms with Crippen LogP contribution in [0.4, 0.5) is 0 Å². The van der Waals surface area contributed by atoms with E-state index in [0.29, 0.717) is 0 Å². The molecule has 396 valence electrons. The highest BCUT2D eigenvalue weighted by molar-refractivity contribution is 6.09. The molecule has 0 aliphatic rings. The molecular weight excluding hydrogens is 1000 g/mol. The minimum atomic E-state index is 0.797. The van der Waals surface area contributed by atoms with Gasteiger partial charge in [-0.15, -0.1) is 0 Å². The van der Waals surface area contributed by atoms with Crippen LogP contribution in [0.5, 0.6) is 23.0 Å². The molecule has 4 heteroatoms. The lowest BCUT2D eigenvalue weighted by atomic mass is 9.80. The molecule has 0 N–H and O–H groups in total. The van der Waals surface area contributed by atoms with Crippen LogP contribution in [0.2, 0.25) is 0 Å². The third-order valence-corrected chi connectivity index (χ3v) is 15.5. The highest BCUT2D eigenvalue weighted by Gasteiger charge is 2.24. The van der Waals surface area contributed by atoms with E-state index in [1.165, 1.54) is 0 Å². The Balaban J connectivity index is 1.14. The molecule has 0 bridgehead atoms. The monoisotopic (exact) mass is 1060 g/mol. The molecule has 0 radical (unpaired) electrons. The van der Waals surface area contributed by atoms with Crippen LogP contribution in [0.25, 0.3) is 100 Å². The third kappa shape index (κ3) is 10.3. The second-order valence-electron chi connectivity index (χ2n) is 20.0. The van der Waals surface area contributed by atoms with Gasteiger partial charge in [-0.2, -0.15) is 0 Å². The van der Waals surface area contributed by atoms with Crippen LogP contribution in [0, 0.1) is 0 Å². The van der Waals surface area contributed by atoms with Crippen molar-refractivity contribution < 1.29 is 18.9 Å². The van der Waals surface area contributed by atoms with E-state index < -0.39 is 0 Å². The van der Waals surface area contributed by atoms with Crippen LogP contribution in [0.3, 0.4) is 0 Å². The van der Waals surface area contributed by atoms with E-state index in [2.05, 4.69) is 243 Å². The van der Waals surface area contributed by atoms with Gasteiger partial charge in [0.1, 0.15) is 23.0 Å². The van der Waals surface area contributed by atoms with E-state index in [1.54, 1.807) is 28.4 Å². The number of methoxy groups -OCH3 is 4. The molecule has 0 amide bonds. The van der Waals surface area contributed by atoms with Crippen molar-refractivity contribution in [3.05, 3.63) is 313 Å². The molecule has 12 aromatic rings. The van der Waals surface area contributed by atoms with Gasteiger partial charge in [0, 0.05) is 22.3 Å². The largest absolute Gasteiger partial charge is 0.496 e. The first kappa shape index (κ1) is 52.3. The Kier molecular flexibility index (Phi) is 15.2. The molecule has 0 unspecified atom stereocenters. The number of para-hydroxylation sites is 4. The summed E-state index contributed by atoms with van der Waals surface area (Å²) >= 11 is 0. The SMILES string of the molecule is COc1ccccc1-c1ccccc1-c1ccc(/C(=C(/c2ccc(-c3ccccc3-c3ccccc3OC)cc2)c2ccc(-c3ccccc3-c3ccccc3OC)cc2-c2ccccc2-c2ccccc2OC)c2ccccc2)cc1. The predicted octanol–water partition coefficient (Wildman–Crippen LogP) is 20.1. The lowest BCUT2D eigenvalue weighted by Crippen LogP contribution is -2.01.